The van der Waals surface area contributed by atoms with E-state index in [4.69, 9.17) is 28.4 Å². The molecule has 4 atom stereocenters. The third-order valence-corrected chi connectivity index (χ3v) is 5.57. The van der Waals surface area contributed by atoms with Crippen molar-refractivity contribution in [2.45, 2.75) is 110 Å². The highest BCUT2D eigenvalue weighted by atomic mass is 16.6. The van der Waals surface area contributed by atoms with Crippen LogP contribution in [0.1, 0.15) is 73.8 Å². The monoisotopic (exact) mass is 551 g/mol. The number of unbranched alkanes of at least 4 members (excludes halogenated alkanes) is 1. The molecule has 1 heterocycles. The van der Waals surface area contributed by atoms with Crippen LogP contribution in [0.5, 0.6) is 0 Å². The predicted octanol–water partition coefficient (Wildman–Crippen LogP) is 5.26. The first kappa shape index (κ1) is 32.5. The lowest BCUT2D eigenvalue weighted by Gasteiger charge is -2.32. The summed E-state index contributed by atoms with van der Waals surface area (Å²) in [5.41, 5.74) is -0.909. The molecule has 0 aromatic heterocycles. The van der Waals surface area contributed by atoms with Crippen LogP contribution in [0.2, 0.25) is 0 Å². The number of amides is 2. The van der Waals surface area contributed by atoms with Gasteiger partial charge in [-0.05, 0) is 60.5 Å². The van der Waals surface area contributed by atoms with E-state index in [0.29, 0.717) is 11.5 Å². The van der Waals surface area contributed by atoms with Crippen molar-refractivity contribution < 1.29 is 42.8 Å². The van der Waals surface area contributed by atoms with Crippen molar-refractivity contribution in [2.24, 2.45) is 0 Å². The minimum atomic E-state index is -1.44. The van der Waals surface area contributed by atoms with E-state index in [9.17, 15) is 14.4 Å². The number of hydrogen-bond donors (Lipinski definition) is 0. The van der Waals surface area contributed by atoms with E-state index in [1.54, 1.807) is 48.5 Å². The molecular weight excluding hydrogens is 506 g/mol. The summed E-state index contributed by atoms with van der Waals surface area (Å²) in [6, 6.07) is 8.17. The van der Waals surface area contributed by atoms with Gasteiger partial charge < -0.3 is 28.4 Å². The summed E-state index contributed by atoms with van der Waals surface area (Å²) < 4.78 is 34.9. The Morgan fingerprint density at radius 2 is 1.54 bits per heavy atom. The van der Waals surface area contributed by atoms with Gasteiger partial charge in [0, 0.05) is 6.61 Å². The molecular formula is C29H45NO9. The summed E-state index contributed by atoms with van der Waals surface area (Å²) in [6.07, 6.45) is -2.31. The van der Waals surface area contributed by atoms with Crippen molar-refractivity contribution in [1.82, 2.24) is 4.90 Å². The summed E-state index contributed by atoms with van der Waals surface area (Å²) in [5.74, 6) is -0.846. The van der Waals surface area contributed by atoms with Crippen LogP contribution < -0.4 is 0 Å². The summed E-state index contributed by atoms with van der Waals surface area (Å²) >= 11 is 0. The molecule has 10 nitrogen and oxygen atoms in total. The van der Waals surface area contributed by atoms with Gasteiger partial charge in [0.15, 0.2) is 6.04 Å². The highest BCUT2D eigenvalue weighted by molar-refractivity contribution is 5.94. The fourth-order valence-electron chi connectivity index (χ4n) is 3.75. The Labute approximate surface area is 232 Å². The summed E-state index contributed by atoms with van der Waals surface area (Å²) in [4.78, 5) is 40.4. The van der Waals surface area contributed by atoms with Crippen LogP contribution in [-0.4, -0.2) is 78.4 Å². The minimum absolute atomic E-state index is 0.0527. The summed E-state index contributed by atoms with van der Waals surface area (Å²) in [7, 11) is 0. The highest BCUT2D eigenvalue weighted by Crippen LogP contribution is 2.22. The first-order chi connectivity index (χ1) is 18.2. The zero-order valence-electron chi connectivity index (χ0n) is 24.6. The molecule has 1 fully saturated rings. The van der Waals surface area contributed by atoms with Crippen LogP contribution in [0.3, 0.4) is 0 Å². The highest BCUT2D eigenvalue weighted by Gasteiger charge is 2.44. The van der Waals surface area contributed by atoms with Crippen LogP contribution in [0.4, 0.5) is 9.59 Å². The lowest BCUT2D eigenvalue weighted by atomic mass is 10.1. The predicted molar refractivity (Wildman–Crippen MR) is 144 cm³/mol. The van der Waals surface area contributed by atoms with E-state index in [0.717, 1.165) is 18.4 Å². The maximum Gasteiger partial charge on any atom is 0.420 e. The Hall–Kier alpha value is -2.69. The number of cyclic esters (lactones) is 1. The van der Waals surface area contributed by atoms with E-state index in [1.165, 1.54) is 0 Å². The van der Waals surface area contributed by atoms with Crippen molar-refractivity contribution in [3.8, 4) is 0 Å². The maximum atomic E-state index is 13.4. The Bertz CT molecular complexity index is 895. The fraction of sp³-hybridized carbons (Fsp3) is 0.690. The molecule has 0 N–H and O–H groups in total. The molecule has 0 unspecified atom stereocenters. The maximum absolute atomic E-state index is 13.4. The molecule has 2 rings (SSSR count). The molecule has 0 spiro atoms. The molecule has 0 bridgehead atoms. The average Bonchev–Trinajstić information content (AvgIpc) is 2.86. The topological polar surface area (TPSA) is 110 Å². The molecule has 1 aliphatic rings. The van der Waals surface area contributed by atoms with Crippen molar-refractivity contribution in [2.75, 3.05) is 19.8 Å². The van der Waals surface area contributed by atoms with Crippen molar-refractivity contribution in [3.63, 3.8) is 0 Å². The quantitative estimate of drug-likeness (QED) is 0.243. The standard InChI is InChI=1S/C29H45NO9/c1-9-10-16-35-23-19-34-18-22(30(26(32)38-28(3,4)5)27(33)39-29(6,7)8)25(31)37-20(2)24(23)36-17-21-14-12-11-13-15-21/h11-15,20,22-24H,9-10,16-19H2,1-8H3/t20-,22-,23-,24-/m0/s1. The van der Waals surface area contributed by atoms with Crippen molar-refractivity contribution in [1.29, 1.82) is 0 Å². The molecule has 10 heteroatoms. The average molecular weight is 552 g/mol. The van der Waals surface area contributed by atoms with Gasteiger partial charge in [0.2, 0.25) is 0 Å². The van der Waals surface area contributed by atoms with Gasteiger partial charge in [0.25, 0.3) is 0 Å². The Morgan fingerprint density at radius 3 is 2.08 bits per heavy atom. The van der Waals surface area contributed by atoms with E-state index < -0.39 is 53.7 Å². The largest absolute Gasteiger partial charge is 0.458 e. The van der Waals surface area contributed by atoms with Crippen LogP contribution in [0, 0.1) is 0 Å². The first-order valence-corrected chi connectivity index (χ1v) is 13.5. The van der Waals surface area contributed by atoms with Gasteiger partial charge in [-0.1, -0.05) is 43.7 Å². The third-order valence-electron chi connectivity index (χ3n) is 5.57. The number of carbonyl (C=O) groups excluding carboxylic acids is 3. The molecule has 1 aromatic rings. The summed E-state index contributed by atoms with van der Waals surface area (Å²) in [6.45, 7) is 14.2. The molecule has 2 amide bonds. The van der Waals surface area contributed by atoms with Gasteiger partial charge in [-0.3, -0.25) is 0 Å². The second-order valence-corrected chi connectivity index (χ2v) is 11.5. The number of hydrogen-bond acceptors (Lipinski definition) is 9. The molecule has 1 aromatic carbocycles. The number of carbonyl (C=O) groups is 3. The molecule has 0 aliphatic carbocycles. The Balaban J connectivity index is 2.34. The number of ether oxygens (including phenoxy) is 6. The van der Waals surface area contributed by atoms with Gasteiger partial charge in [-0.25, -0.2) is 14.4 Å². The number of esters is 1. The van der Waals surface area contributed by atoms with Crippen LogP contribution in [0.25, 0.3) is 0 Å². The van der Waals surface area contributed by atoms with Gasteiger partial charge in [0.1, 0.15) is 29.5 Å². The summed E-state index contributed by atoms with van der Waals surface area (Å²) in [5, 5.41) is 0. The molecule has 39 heavy (non-hydrogen) atoms. The van der Waals surface area contributed by atoms with Gasteiger partial charge >= 0.3 is 18.2 Å². The van der Waals surface area contributed by atoms with Gasteiger partial charge in [-0.2, -0.15) is 4.90 Å². The Kier molecular flexibility index (Phi) is 12.2. The van der Waals surface area contributed by atoms with Crippen LogP contribution in [0.15, 0.2) is 30.3 Å². The molecule has 1 saturated heterocycles. The number of imide groups is 1. The first-order valence-electron chi connectivity index (χ1n) is 13.5. The van der Waals surface area contributed by atoms with E-state index in [-0.39, 0.29) is 19.8 Å². The molecule has 220 valence electrons. The molecule has 0 radical (unpaired) electrons. The number of rotatable bonds is 8. The zero-order chi connectivity index (χ0) is 29.2. The van der Waals surface area contributed by atoms with Gasteiger partial charge in [-0.15, -0.1) is 0 Å². The Morgan fingerprint density at radius 1 is 0.949 bits per heavy atom. The lowest BCUT2D eigenvalue weighted by Crippen LogP contribution is -2.54. The van der Waals surface area contributed by atoms with E-state index in [2.05, 4.69) is 6.92 Å². The smallest absolute Gasteiger partial charge is 0.420 e. The fourth-order valence-corrected chi connectivity index (χ4v) is 3.75. The minimum Gasteiger partial charge on any atom is -0.458 e. The molecule has 1 aliphatic heterocycles. The number of benzene rings is 1. The van der Waals surface area contributed by atoms with Crippen molar-refractivity contribution >= 4 is 18.2 Å². The number of nitrogens with zero attached hydrogens (tertiary/aromatic N) is 1. The lowest BCUT2D eigenvalue weighted by molar-refractivity contribution is -0.171. The normalized spacial score (nSPS) is 22.6. The second kappa shape index (κ2) is 14.6. The van der Waals surface area contributed by atoms with Crippen LogP contribution in [-0.2, 0) is 39.8 Å². The van der Waals surface area contributed by atoms with Crippen LogP contribution >= 0.6 is 0 Å². The van der Waals surface area contributed by atoms with E-state index >= 15 is 0 Å². The molecule has 0 saturated carbocycles. The zero-order valence-corrected chi connectivity index (χ0v) is 24.6. The third kappa shape index (κ3) is 11.1. The SMILES string of the molecule is CCCCO[C@H]1COC[C@H](N(C(=O)OC(C)(C)C)C(=O)OC(C)(C)C)C(=O)O[C@@H](C)[C@@H]1OCc1ccccc1. The van der Waals surface area contributed by atoms with Gasteiger partial charge in [0.05, 0.1) is 19.8 Å². The van der Waals surface area contributed by atoms with E-state index in [1.807, 2.05) is 30.3 Å². The second-order valence-electron chi connectivity index (χ2n) is 11.5. The van der Waals surface area contributed by atoms with Crippen molar-refractivity contribution in [3.05, 3.63) is 35.9 Å².